The molecule has 1 saturated carbocycles. The van der Waals surface area contributed by atoms with E-state index in [1.165, 1.54) is 38.5 Å². The Labute approximate surface area is 126 Å². The minimum absolute atomic E-state index is 0.364. The van der Waals surface area contributed by atoms with Crippen LogP contribution in [0.4, 0.5) is 5.82 Å². The van der Waals surface area contributed by atoms with E-state index in [0.717, 1.165) is 23.8 Å². The maximum atomic E-state index is 6.33. The summed E-state index contributed by atoms with van der Waals surface area (Å²) in [6.07, 6.45) is 9.78. The van der Waals surface area contributed by atoms with Gasteiger partial charge in [0.15, 0.2) is 0 Å². The van der Waals surface area contributed by atoms with Crippen LogP contribution in [0, 0.1) is 5.92 Å². The lowest BCUT2D eigenvalue weighted by molar-refractivity contribution is 0.428. The van der Waals surface area contributed by atoms with Crippen molar-refractivity contribution in [3.63, 3.8) is 0 Å². The third kappa shape index (κ3) is 2.52. The van der Waals surface area contributed by atoms with Crippen molar-refractivity contribution in [2.75, 3.05) is 11.4 Å². The van der Waals surface area contributed by atoms with E-state index in [2.05, 4.69) is 28.7 Å². The zero-order valence-corrected chi connectivity index (χ0v) is 13.2. The third-order valence-corrected chi connectivity index (χ3v) is 5.21. The predicted molar refractivity (Wildman–Crippen MR) is 83.5 cm³/mol. The first kappa shape index (κ1) is 14.1. The second-order valence-corrected chi connectivity index (χ2v) is 6.86. The van der Waals surface area contributed by atoms with Crippen molar-refractivity contribution in [1.29, 1.82) is 0 Å². The standard InChI is InChI=1S/C16H24ClN3/c1-11(2)14-15(17)18-10-19-16(14)20-9-5-8-13(20)12-6-3-4-7-12/h10-13H,3-9H2,1-2H3. The van der Waals surface area contributed by atoms with Crippen LogP contribution in [0.1, 0.15) is 63.9 Å². The summed E-state index contributed by atoms with van der Waals surface area (Å²) in [6.45, 7) is 5.47. The topological polar surface area (TPSA) is 29.0 Å². The van der Waals surface area contributed by atoms with Gasteiger partial charge in [0, 0.05) is 18.2 Å². The molecule has 2 aliphatic rings. The van der Waals surface area contributed by atoms with Gasteiger partial charge in [-0.1, -0.05) is 38.3 Å². The molecule has 0 radical (unpaired) electrons. The summed E-state index contributed by atoms with van der Waals surface area (Å²) in [5.74, 6) is 2.31. The molecule has 0 bridgehead atoms. The minimum Gasteiger partial charge on any atom is -0.353 e. The molecule has 1 aliphatic carbocycles. The summed E-state index contributed by atoms with van der Waals surface area (Å²) in [5.41, 5.74) is 1.12. The molecule has 3 nitrogen and oxygen atoms in total. The lowest BCUT2D eigenvalue weighted by atomic mass is 9.95. The van der Waals surface area contributed by atoms with Gasteiger partial charge in [-0.3, -0.25) is 0 Å². The summed E-state index contributed by atoms with van der Waals surface area (Å²) in [5, 5.41) is 0.627. The van der Waals surface area contributed by atoms with Gasteiger partial charge in [0.25, 0.3) is 0 Å². The van der Waals surface area contributed by atoms with Gasteiger partial charge < -0.3 is 4.90 Å². The fourth-order valence-corrected chi connectivity index (χ4v) is 4.32. The minimum atomic E-state index is 0.364. The summed E-state index contributed by atoms with van der Waals surface area (Å²) in [4.78, 5) is 11.3. The van der Waals surface area contributed by atoms with Crippen LogP contribution in [0.25, 0.3) is 0 Å². The van der Waals surface area contributed by atoms with Gasteiger partial charge >= 0.3 is 0 Å². The summed E-state index contributed by atoms with van der Waals surface area (Å²) in [6, 6.07) is 0.668. The molecule has 1 aromatic heterocycles. The van der Waals surface area contributed by atoms with E-state index in [0.29, 0.717) is 17.1 Å². The molecule has 4 heteroatoms. The molecule has 0 spiro atoms. The molecule has 110 valence electrons. The van der Waals surface area contributed by atoms with Crippen LogP contribution < -0.4 is 4.90 Å². The molecule has 0 N–H and O–H groups in total. The van der Waals surface area contributed by atoms with Gasteiger partial charge in [-0.05, 0) is 37.5 Å². The SMILES string of the molecule is CC(C)c1c(Cl)ncnc1N1CCCC1C1CCCC1. The highest BCUT2D eigenvalue weighted by Gasteiger charge is 2.35. The van der Waals surface area contributed by atoms with Gasteiger partial charge in [-0.25, -0.2) is 9.97 Å². The van der Waals surface area contributed by atoms with E-state index in [9.17, 15) is 0 Å². The summed E-state index contributed by atoms with van der Waals surface area (Å²) >= 11 is 6.33. The van der Waals surface area contributed by atoms with Crippen molar-refractivity contribution in [3.8, 4) is 0 Å². The van der Waals surface area contributed by atoms with E-state index in [4.69, 9.17) is 11.6 Å². The molecular weight excluding hydrogens is 270 g/mol. The van der Waals surface area contributed by atoms with E-state index in [-0.39, 0.29) is 0 Å². The van der Waals surface area contributed by atoms with Crippen LogP contribution in [0.3, 0.4) is 0 Å². The van der Waals surface area contributed by atoms with Crippen LogP contribution in [-0.2, 0) is 0 Å². The molecule has 1 aliphatic heterocycles. The number of hydrogen-bond acceptors (Lipinski definition) is 3. The van der Waals surface area contributed by atoms with Crippen molar-refractivity contribution in [2.45, 2.75) is 64.3 Å². The van der Waals surface area contributed by atoms with Crippen LogP contribution in [0.2, 0.25) is 5.15 Å². The van der Waals surface area contributed by atoms with Gasteiger partial charge in [-0.2, -0.15) is 0 Å². The molecule has 2 heterocycles. The highest BCUT2D eigenvalue weighted by Crippen LogP contribution is 2.40. The van der Waals surface area contributed by atoms with Crippen molar-refractivity contribution >= 4 is 17.4 Å². The van der Waals surface area contributed by atoms with E-state index >= 15 is 0 Å². The molecule has 1 atom stereocenters. The fraction of sp³-hybridized carbons (Fsp3) is 0.750. The molecule has 0 aromatic carbocycles. The first-order valence-corrected chi connectivity index (χ1v) is 8.33. The van der Waals surface area contributed by atoms with Gasteiger partial charge in [0.2, 0.25) is 0 Å². The van der Waals surface area contributed by atoms with Crippen molar-refractivity contribution < 1.29 is 0 Å². The Morgan fingerprint density at radius 1 is 1.15 bits per heavy atom. The summed E-state index contributed by atoms with van der Waals surface area (Å²) < 4.78 is 0. The molecular formula is C16H24ClN3. The number of nitrogens with zero attached hydrogens (tertiary/aromatic N) is 3. The second kappa shape index (κ2) is 5.88. The molecule has 1 aromatic rings. The number of anilines is 1. The first-order valence-electron chi connectivity index (χ1n) is 7.95. The lowest BCUT2D eigenvalue weighted by Gasteiger charge is -2.32. The predicted octanol–water partition coefficient (Wildman–Crippen LogP) is 4.41. The number of rotatable bonds is 3. The number of hydrogen-bond donors (Lipinski definition) is 0. The van der Waals surface area contributed by atoms with E-state index in [1.54, 1.807) is 6.33 Å². The zero-order chi connectivity index (χ0) is 14.1. The fourth-order valence-electron chi connectivity index (χ4n) is 3.98. The van der Waals surface area contributed by atoms with E-state index < -0.39 is 0 Å². The lowest BCUT2D eigenvalue weighted by Crippen LogP contribution is -2.36. The molecule has 1 saturated heterocycles. The van der Waals surface area contributed by atoms with Crippen LogP contribution in [0.15, 0.2) is 6.33 Å². The average Bonchev–Trinajstić information content (AvgIpc) is 3.08. The maximum Gasteiger partial charge on any atom is 0.138 e. The third-order valence-electron chi connectivity index (χ3n) is 4.91. The molecule has 0 amide bonds. The monoisotopic (exact) mass is 293 g/mol. The van der Waals surface area contributed by atoms with Crippen LogP contribution >= 0.6 is 11.6 Å². The molecule has 2 fully saturated rings. The average molecular weight is 294 g/mol. The molecule has 1 unspecified atom stereocenters. The Morgan fingerprint density at radius 3 is 2.60 bits per heavy atom. The Balaban J connectivity index is 1.93. The second-order valence-electron chi connectivity index (χ2n) is 6.50. The van der Waals surface area contributed by atoms with Gasteiger partial charge in [0.05, 0.1) is 0 Å². The van der Waals surface area contributed by atoms with Crippen molar-refractivity contribution in [3.05, 3.63) is 17.0 Å². The Kier molecular flexibility index (Phi) is 4.16. The zero-order valence-electron chi connectivity index (χ0n) is 12.5. The van der Waals surface area contributed by atoms with Crippen molar-refractivity contribution in [2.24, 2.45) is 5.92 Å². The molecule has 3 rings (SSSR count). The van der Waals surface area contributed by atoms with E-state index in [1.807, 2.05) is 0 Å². The molecule has 20 heavy (non-hydrogen) atoms. The summed E-state index contributed by atoms with van der Waals surface area (Å²) in [7, 11) is 0. The number of halogens is 1. The Morgan fingerprint density at radius 2 is 1.90 bits per heavy atom. The Hall–Kier alpha value is -0.830. The smallest absolute Gasteiger partial charge is 0.138 e. The van der Waals surface area contributed by atoms with Crippen LogP contribution in [-0.4, -0.2) is 22.6 Å². The highest BCUT2D eigenvalue weighted by atomic mass is 35.5. The maximum absolute atomic E-state index is 6.33. The first-order chi connectivity index (χ1) is 9.68. The van der Waals surface area contributed by atoms with Crippen LogP contribution in [0.5, 0.6) is 0 Å². The normalized spacial score (nSPS) is 24.0. The van der Waals surface area contributed by atoms with Gasteiger partial charge in [-0.15, -0.1) is 0 Å². The largest absolute Gasteiger partial charge is 0.353 e. The number of aromatic nitrogens is 2. The Bertz CT molecular complexity index is 469. The highest BCUT2D eigenvalue weighted by molar-refractivity contribution is 6.30. The quantitative estimate of drug-likeness (QED) is 0.773. The van der Waals surface area contributed by atoms with Crippen molar-refractivity contribution in [1.82, 2.24) is 9.97 Å². The van der Waals surface area contributed by atoms with Gasteiger partial charge in [0.1, 0.15) is 17.3 Å².